The fourth-order valence-corrected chi connectivity index (χ4v) is 1.38. The van der Waals surface area contributed by atoms with Gasteiger partial charge in [-0.25, -0.2) is 0 Å². The Kier molecular flexibility index (Phi) is 2.15. The third-order valence-corrected chi connectivity index (χ3v) is 2.13. The van der Waals surface area contributed by atoms with Crippen LogP contribution in [0.4, 0.5) is 0 Å². The van der Waals surface area contributed by atoms with Crippen LogP contribution in [0.1, 0.15) is 11.7 Å². The van der Waals surface area contributed by atoms with E-state index in [4.69, 9.17) is 16.3 Å². The minimum atomic E-state index is 0.127. The molecule has 62 valence electrons. The number of benzene rings is 1. The topological polar surface area (TPSA) is 9.23 Å². The van der Waals surface area contributed by atoms with E-state index in [-0.39, 0.29) is 6.10 Å². The molecule has 1 aromatic rings. The maximum absolute atomic E-state index is 5.76. The number of hydrogen-bond donors (Lipinski definition) is 0. The van der Waals surface area contributed by atoms with E-state index in [1.54, 1.807) is 0 Å². The van der Waals surface area contributed by atoms with E-state index in [1.165, 1.54) is 0 Å². The van der Waals surface area contributed by atoms with E-state index < -0.39 is 0 Å². The van der Waals surface area contributed by atoms with E-state index in [1.807, 2.05) is 30.3 Å². The van der Waals surface area contributed by atoms with Crippen molar-refractivity contribution in [3.05, 3.63) is 47.0 Å². The molecule has 0 aromatic heterocycles. The third-order valence-electron chi connectivity index (χ3n) is 1.88. The summed E-state index contributed by atoms with van der Waals surface area (Å²) in [5.74, 6) is 0. The zero-order valence-corrected chi connectivity index (χ0v) is 7.29. The van der Waals surface area contributed by atoms with Crippen molar-refractivity contribution in [1.82, 2.24) is 0 Å². The Morgan fingerprint density at radius 2 is 2.00 bits per heavy atom. The molecular formula is C10H9ClO. The second-order valence-corrected chi connectivity index (χ2v) is 3.17. The second-order valence-electron chi connectivity index (χ2n) is 2.73. The highest BCUT2D eigenvalue weighted by Gasteiger charge is 2.10. The smallest absolute Gasteiger partial charge is 0.101 e. The lowest BCUT2D eigenvalue weighted by atomic mass is 10.1. The highest BCUT2D eigenvalue weighted by molar-refractivity contribution is 6.30. The molecule has 0 saturated carbocycles. The molecule has 1 aliphatic rings. The maximum Gasteiger partial charge on any atom is 0.101 e. The SMILES string of the molecule is Clc1ccc(C2C=CCO2)cc1. The minimum absolute atomic E-state index is 0.127. The first kappa shape index (κ1) is 7.84. The molecule has 12 heavy (non-hydrogen) atoms. The summed E-state index contributed by atoms with van der Waals surface area (Å²) < 4.78 is 5.42. The van der Waals surface area contributed by atoms with Crippen LogP contribution in [-0.2, 0) is 4.74 Å². The highest BCUT2D eigenvalue weighted by Crippen LogP contribution is 2.23. The molecule has 0 radical (unpaired) electrons. The molecule has 1 heterocycles. The molecular weight excluding hydrogens is 172 g/mol. The summed E-state index contributed by atoms with van der Waals surface area (Å²) in [6, 6.07) is 7.74. The first-order valence-corrected chi connectivity index (χ1v) is 4.28. The Bertz CT molecular complexity index is 289. The van der Waals surface area contributed by atoms with Gasteiger partial charge in [-0.3, -0.25) is 0 Å². The van der Waals surface area contributed by atoms with Crippen molar-refractivity contribution < 1.29 is 4.74 Å². The van der Waals surface area contributed by atoms with Crippen LogP contribution in [0.3, 0.4) is 0 Å². The predicted molar refractivity (Wildman–Crippen MR) is 49.3 cm³/mol. The maximum atomic E-state index is 5.76. The van der Waals surface area contributed by atoms with Crippen molar-refractivity contribution in [2.45, 2.75) is 6.10 Å². The highest BCUT2D eigenvalue weighted by atomic mass is 35.5. The lowest BCUT2D eigenvalue weighted by Crippen LogP contribution is -1.94. The zero-order chi connectivity index (χ0) is 8.39. The Morgan fingerprint density at radius 3 is 2.58 bits per heavy atom. The Morgan fingerprint density at radius 1 is 1.25 bits per heavy atom. The van der Waals surface area contributed by atoms with Gasteiger partial charge in [-0.1, -0.05) is 35.9 Å². The Labute approximate surface area is 76.6 Å². The molecule has 0 aliphatic carbocycles. The fourth-order valence-electron chi connectivity index (χ4n) is 1.25. The van der Waals surface area contributed by atoms with Crippen LogP contribution in [0, 0.1) is 0 Å². The summed E-state index contributed by atoms with van der Waals surface area (Å²) in [6.45, 7) is 0.716. The van der Waals surface area contributed by atoms with Crippen LogP contribution in [0.2, 0.25) is 5.02 Å². The van der Waals surface area contributed by atoms with Crippen LogP contribution in [0.5, 0.6) is 0 Å². The summed E-state index contributed by atoms with van der Waals surface area (Å²) in [5.41, 5.74) is 1.16. The summed E-state index contributed by atoms with van der Waals surface area (Å²) >= 11 is 5.76. The van der Waals surface area contributed by atoms with Gasteiger partial charge in [-0.15, -0.1) is 0 Å². The van der Waals surface area contributed by atoms with Crippen LogP contribution in [0.25, 0.3) is 0 Å². The Balaban J connectivity index is 2.23. The van der Waals surface area contributed by atoms with Crippen LogP contribution < -0.4 is 0 Å². The van der Waals surface area contributed by atoms with E-state index in [0.29, 0.717) is 6.61 Å². The van der Waals surface area contributed by atoms with E-state index in [2.05, 4.69) is 6.08 Å². The number of hydrogen-bond acceptors (Lipinski definition) is 1. The van der Waals surface area contributed by atoms with Gasteiger partial charge in [0, 0.05) is 5.02 Å². The summed E-state index contributed by atoms with van der Waals surface area (Å²) in [7, 11) is 0. The van der Waals surface area contributed by atoms with Gasteiger partial charge in [0.05, 0.1) is 6.61 Å². The van der Waals surface area contributed by atoms with Crippen molar-refractivity contribution in [3.8, 4) is 0 Å². The van der Waals surface area contributed by atoms with Gasteiger partial charge < -0.3 is 4.74 Å². The van der Waals surface area contributed by atoms with Crippen LogP contribution in [-0.4, -0.2) is 6.61 Å². The monoisotopic (exact) mass is 180 g/mol. The molecule has 1 aromatic carbocycles. The van der Waals surface area contributed by atoms with Gasteiger partial charge in [0.1, 0.15) is 6.10 Å². The number of rotatable bonds is 1. The van der Waals surface area contributed by atoms with E-state index in [0.717, 1.165) is 10.6 Å². The first-order chi connectivity index (χ1) is 5.86. The molecule has 0 amide bonds. The van der Waals surface area contributed by atoms with E-state index in [9.17, 15) is 0 Å². The quantitative estimate of drug-likeness (QED) is 0.604. The van der Waals surface area contributed by atoms with Gasteiger partial charge in [-0.05, 0) is 17.7 Å². The van der Waals surface area contributed by atoms with Crippen molar-refractivity contribution in [2.24, 2.45) is 0 Å². The molecule has 0 fully saturated rings. The molecule has 0 N–H and O–H groups in total. The average molecular weight is 181 g/mol. The van der Waals surface area contributed by atoms with Gasteiger partial charge in [-0.2, -0.15) is 0 Å². The summed E-state index contributed by atoms with van der Waals surface area (Å²) in [5, 5.41) is 0.765. The van der Waals surface area contributed by atoms with E-state index >= 15 is 0 Å². The molecule has 1 nitrogen and oxygen atoms in total. The minimum Gasteiger partial charge on any atom is -0.365 e. The molecule has 1 unspecified atom stereocenters. The van der Waals surface area contributed by atoms with Crippen molar-refractivity contribution >= 4 is 11.6 Å². The number of halogens is 1. The molecule has 0 spiro atoms. The van der Waals surface area contributed by atoms with Crippen molar-refractivity contribution in [3.63, 3.8) is 0 Å². The Hall–Kier alpha value is -0.790. The lowest BCUT2D eigenvalue weighted by Gasteiger charge is -2.07. The second kappa shape index (κ2) is 3.30. The summed E-state index contributed by atoms with van der Waals surface area (Å²) in [4.78, 5) is 0. The van der Waals surface area contributed by atoms with Gasteiger partial charge in [0.25, 0.3) is 0 Å². The number of ether oxygens (including phenoxy) is 1. The van der Waals surface area contributed by atoms with Crippen molar-refractivity contribution in [2.75, 3.05) is 6.61 Å². The third kappa shape index (κ3) is 1.52. The average Bonchev–Trinajstić information content (AvgIpc) is 2.58. The predicted octanol–water partition coefficient (Wildman–Crippen LogP) is 2.97. The molecule has 0 saturated heterocycles. The largest absolute Gasteiger partial charge is 0.365 e. The van der Waals surface area contributed by atoms with Crippen LogP contribution >= 0.6 is 11.6 Å². The first-order valence-electron chi connectivity index (χ1n) is 3.90. The lowest BCUT2D eigenvalue weighted by molar-refractivity contribution is 0.129. The summed E-state index contributed by atoms with van der Waals surface area (Å²) in [6.07, 6.45) is 4.21. The van der Waals surface area contributed by atoms with Gasteiger partial charge in [0.15, 0.2) is 0 Å². The standard InChI is InChI=1S/C10H9ClO/c11-9-5-3-8(4-6-9)10-2-1-7-12-10/h1-6,10H,7H2. The molecule has 1 aliphatic heterocycles. The van der Waals surface area contributed by atoms with Crippen LogP contribution in [0.15, 0.2) is 36.4 Å². The van der Waals surface area contributed by atoms with Gasteiger partial charge in [0.2, 0.25) is 0 Å². The normalized spacial score (nSPS) is 21.6. The molecule has 2 rings (SSSR count). The molecule has 2 heteroatoms. The van der Waals surface area contributed by atoms with Gasteiger partial charge >= 0.3 is 0 Å². The zero-order valence-electron chi connectivity index (χ0n) is 6.53. The van der Waals surface area contributed by atoms with Crippen molar-refractivity contribution in [1.29, 1.82) is 0 Å². The molecule has 0 bridgehead atoms. The fraction of sp³-hybridized carbons (Fsp3) is 0.200. The molecule has 1 atom stereocenters.